The third-order valence-corrected chi connectivity index (χ3v) is 5.64. The van der Waals surface area contributed by atoms with Gasteiger partial charge in [-0.05, 0) is 36.2 Å². The lowest BCUT2D eigenvalue weighted by molar-refractivity contribution is 0.102. The summed E-state index contributed by atoms with van der Waals surface area (Å²) >= 11 is 7.61. The third kappa shape index (κ3) is 4.81. The zero-order chi connectivity index (χ0) is 21.0. The molecule has 0 saturated heterocycles. The van der Waals surface area contributed by atoms with E-state index in [1.165, 1.54) is 32.7 Å². The van der Waals surface area contributed by atoms with E-state index in [-0.39, 0.29) is 5.91 Å². The van der Waals surface area contributed by atoms with E-state index in [9.17, 15) is 4.79 Å². The highest BCUT2D eigenvalue weighted by Crippen LogP contribution is 2.38. The summed E-state index contributed by atoms with van der Waals surface area (Å²) in [7, 11) is 4.52. The molecule has 0 fully saturated rings. The standard InChI is InChI=1S/C21H21ClN2O4S/c1-12-5-6-13(8-16(12)22)7-15-11-23-21(29-15)24-20(25)14-9-17(26-2)19(28-4)18(10-14)27-3/h5-6,8-11H,7H2,1-4H3,(H,23,24,25). The topological polar surface area (TPSA) is 69.7 Å². The molecule has 29 heavy (non-hydrogen) atoms. The number of carbonyl (C=O) groups is 1. The number of methoxy groups -OCH3 is 3. The number of aryl methyl sites for hydroxylation is 1. The summed E-state index contributed by atoms with van der Waals surface area (Å²) in [5, 5.41) is 4.07. The maximum atomic E-state index is 12.7. The van der Waals surface area contributed by atoms with E-state index in [4.69, 9.17) is 25.8 Å². The average Bonchev–Trinajstić information content (AvgIpc) is 3.16. The lowest BCUT2D eigenvalue weighted by Crippen LogP contribution is -2.12. The first-order chi connectivity index (χ1) is 13.9. The molecule has 0 radical (unpaired) electrons. The minimum atomic E-state index is -0.316. The molecule has 3 rings (SSSR count). The predicted octanol–water partition coefficient (Wildman–Crippen LogP) is 4.97. The Morgan fingerprint density at radius 2 is 1.79 bits per heavy atom. The molecule has 0 bridgehead atoms. The first-order valence-corrected chi connectivity index (χ1v) is 9.95. The molecule has 1 N–H and O–H groups in total. The molecule has 1 heterocycles. The van der Waals surface area contributed by atoms with E-state index in [1.807, 2.05) is 25.1 Å². The number of amides is 1. The number of halogens is 1. The Morgan fingerprint density at radius 3 is 2.38 bits per heavy atom. The Balaban J connectivity index is 1.75. The van der Waals surface area contributed by atoms with E-state index in [0.29, 0.717) is 34.4 Å². The molecule has 3 aromatic rings. The van der Waals surface area contributed by atoms with Gasteiger partial charge in [-0.25, -0.2) is 4.98 Å². The molecule has 0 aliphatic rings. The maximum absolute atomic E-state index is 12.7. The van der Waals surface area contributed by atoms with Gasteiger partial charge >= 0.3 is 0 Å². The molecule has 0 aliphatic carbocycles. The van der Waals surface area contributed by atoms with Crippen LogP contribution in [0.2, 0.25) is 5.02 Å². The zero-order valence-corrected chi connectivity index (χ0v) is 18.1. The predicted molar refractivity (Wildman–Crippen MR) is 115 cm³/mol. The highest BCUT2D eigenvalue weighted by molar-refractivity contribution is 7.15. The van der Waals surface area contributed by atoms with Crippen LogP contribution in [0.5, 0.6) is 17.2 Å². The molecule has 1 aromatic heterocycles. The van der Waals surface area contributed by atoms with Gasteiger partial charge in [-0.15, -0.1) is 11.3 Å². The van der Waals surface area contributed by atoms with E-state index in [0.717, 1.165) is 21.0 Å². The highest BCUT2D eigenvalue weighted by atomic mass is 35.5. The van der Waals surface area contributed by atoms with Crippen molar-refractivity contribution < 1.29 is 19.0 Å². The van der Waals surface area contributed by atoms with Crippen LogP contribution in [0.4, 0.5) is 5.13 Å². The summed E-state index contributed by atoms with van der Waals surface area (Å²) in [5.74, 6) is 0.935. The van der Waals surface area contributed by atoms with Crippen molar-refractivity contribution in [3.8, 4) is 17.2 Å². The normalized spacial score (nSPS) is 10.5. The Labute approximate surface area is 178 Å². The minimum Gasteiger partial charge on any atom is -0.493 e. The number of anilines is 1. The van der Waals surface area contributed by atoms with Crippen LogP contribution in [0.15, 0.2) is 36.5 Å². The molecule has 8 heteroatoms. The summed E-state index contributed by atoms with van der Waals surface area (Å²) in [6.07, 6.45) is 2.45. The summed E-state index contributed by atoms with van der Waals surface area (Å²) in [6, 6.07) is 9.17. The fourth-order valence-corrected chi connectivity index (χ4v) is 3.82. The van der Waals surface area contributed by atoms with Gasteiger partial charge in [-0.2, -0.15) is 0 Å². The monoisotopic (exact) mass is 432 g/mol. The van der Waals surface area contributed by atoms with Gasteiger partial charge in [0.25, 0.3) is 5.91 Å². The quantitative estimate of drug-likeness (QED) is 0.570. The van der Waals surface area contributed by atoms with Crippen LogP contribution in [0.3, 0.4) is 0 Å². The van der Waals surface area contributed by atoms with Crippen LogP contribution in [0.1, 0.15) is 26.4 Å². The Hall–Kier alpha value is -2.77. The second-order valence-electron chi connectivity index (χ2n) is 6.26. The van der Waals surface area contributed by atoms with E-state index < -0.39 is 0 Å². The third-order valence-electron chi connectivity index (χ3n) is 4.32. The Morgan fingerprint density at radius 1 is 1.10 bits per heavy atom. The number of benzene rings is 2. The molecule has 152 valence electrons. The number of nitrogens with one attached hydrogen (secondary N) is 1. The van der Waals surface area contributed by atoms with Gasteiger partial charge in [0.1, 0.15) is 0 Å². The SMILES string of the molecule is COc1cc(C(=O)Nc2ncc(Cc3ccc(C)c(Cl)c3)s2)cc(OC)c1OC. The molecule has 6 nitrogen and oxygen atoms in total. The molecular weight excluding hydrogens is 412 g/mol. The van der Waals surface area contributed by atoms with Gasteiger partial charge < -0.3 is 14.2 Å². The summed E-state index contributed by atoms with van der Waals surface area (Å²) in [4.78, 5) is 18.0. The second kappa shape index (κ2) is 9.15. The van der Waals surface area contributed by atoms with Crippen molar-refractivity contribution in [3.63, 3.8) is 0 Å². The van der Waals surface area contributed by atoms with Crippen molar-refractivity contribution >= 4 is 34.0 Å². The van der Waals surface area contributed by atoms with Crippen molar-refractivity contribution in [2.45, 2.75) is 13.3 Å². The molecule has 0 aliphatic heterocycles. The van der Waals surface area contributed by atoms with Crippen LogP contribution in [-0.4, -0.2) is 32.2 Å². The molecule has 2 aromatic carbocycles. The van der Waals surface area contributed by atoms with Crippen LogP contribution in [0.25, 0.3) is 0 Å². The smallest absolute Gasteiger partial charge is 0.257 e. The summed E-state index contributed by atoms with van der Waals surface area (Å²) in [5.41, 5.74) is 2.51. The van der Waals surface area contributed by atoms with Gasteiger partial charge in [0, 0.05) is 28.1 Å². The van der Waals surface area contributed by atoms with E-state index in [2.05, 4.69) is 10.3 Å². The average molecular weight is 433 g/mol. The van der Waals surface area contributed by atoms with Gasteiger partial charge in [0.2, 0.25) is 5.75 Å². The lowest BCUT2D eigenvalue weighted by atomic mass is 10.1. The molecular formula is C21H21ClN2O4S. The number of hydrogen-bond donors (Lipinski definition) is 1. The fourth-order valence-electron chi connectivity index (χ4n) is 2.78. The van der Waals surface area contributed by atoms with Crippen LogP contribution in [-0.2, 0) is 6.42 Å². The molecule has 0 spiro atoms. The zero-order valence-electron chi connectivity index (χ0n) is 16.5. The molecule has 0 atom stereocenters. The maximum Gasteiger partial charge on any atom is 0.257 e. The van der Waals surface area contributed by atoms with Gasteiger partial charge in [0.05, 0.1) is 21.3 Å². The number of aromatic nitrogens is 1. The molecule has 0 saturated carbocycles. The van der Waals surface area contributed by atoms with Crippen molar-refractivity contribution in [2.75, 3.05) is 26.6 Å². The Bertz CT molecular complexity index is 1010. The van der Waals surface area contributed by atoms with Crippen molar-refractivity contribution in [3.05, 3.63) is 63.1 Å². The highest BCUT2D eigenvalue weighted by Gasteiger charge is 2.18. The van der Waals surface area contributed by atoms with Crippen LogP contribution >= 0.6 is 22.9 Å². The number of hydrogen-bond acceptors (Lipinski definition) is 6. The number of ether oxygens (including phenoxy) is 3. The van der Waals surface area contributed by atoms with Crippen molar-refractivity contribution in [2.24, 2.45) is 0 Å². The van der Waals surface area contributed by atoms with Crippen LogP contribution < -0.4 is 19.5 Å². The van der Waals surface area contributed by atoms with Crippen LogP contribution in [0, 0.1) is 6.92 Å². The minimum absolute atomic E-state index is 0.316. The number of nitrogens with zero attached hydrogens (tertiary/aromatic N) is 1. The van der Waals surface area contributed by atoms with Gasteiger partial charge in [0.15, 0.2) is 16.6 Å². The lowest BCUT2D eigenvalue weighted by Gasteiger charge is -2.13. The van der Waals surface area contributed by atoms with Crippen molar-refractivity contribution in [1.82, 2.24) is 4.98 Å². The fraction of sp³-hybridized carbons (Fsp3) is 0.238. The largest absolute Gasteiger partial charge is 0.493 e. The molecule has 1 amide bonds. The second-order valence-corrected chi connectivity index (χ2v) is 7.78. The summed E-state index contributed by atoms with van der Waals surface area (Å²) in [6.45, 7) is 1.97. The first kappa shape index (κ1) is 21.0. The number of carbonyl (C=O) groups excluding carboxylic acids is 1. The summed E-state index contributed by atoms with van der Waals surface area (Å²) < 4.78 is 15.9. The van der Waals surface area contributed by atoms with Crippen molar-refractivity contribution in [1.29, 1.82) is 0 Å². The van der Waals surface area contributed by atoms with Gasteiger partial charge in [-0.3, -0.25) is 10.1 Å². The van der Waals surface area contributed by atoms with Gasteiger partial charge in [-0.1, -0.05) is 23.7 Å². The van der Waals surface area contributed by atoms with E-state index >= 15 is 0 Å². The van der Waals surface area contributed by atoms with E-state index in [1.54, 1.807) is 18.3 Å². The molecule has 0 unspecified atom stereocenters. The number of rotatable bonds is 7. The Kier molecular flexibility index (Phi) is 6.61. The number of thiazole rings is 1. The first-order valence-electron chi connectivity index (χ1n) is 8.76.